The number of halogens is 1. The van der Waals surface area contributed by atoms with Crippen molar-refractivity contribution in [2.45, 2.75) is 88.2 Å². The molecule has 0 spiro atoms. The van der Waals surface area contributed by atoms with Crippen LogP contribution in [0.3, 0.4) is 0 Å². The summed E-state index contributed by atoms with van der Waals surface area (Å²) in [4.78, 5) is 42.9. The third-order valence-corrected chi connectivity index (χ3v) is 11.4. The molecule has 0 radical (unpaired) electrons. The minimum absolute atomic E-state index is 0.0209. The van der Waals surface area contributed by atoms with Crippen molar-refractivity contribution >= 4 is 45.0 Å². The third-order valence-electron chi connectivity index (χ3n) is 9.32. The van der Waals surface area contributed by atoms with Gasteiger partial charge in [0.2, 0.25) is 0 Å². The monoisotopic (exact) mass is 708 g/mol. The number of nitrogens with zero attached hydrogens (tertiary/aromatic N) is 2. The van der Waals surface area contributed by atoms with Crippen LogP contribution >= 0.6 is 11.6 Å². The normalized spacial score (nSPS) is 21.0. The maximum Gasteiger partial charge on any atom is 0.270 e. The van der Waals surface area contributed by atoms with E-state index in [9.17, 15) is 22.8 Å². The molecule has 1 heterocycles. The highest BCUT2D eigenvalue weighted by Crippen LogP contribution is 2.51. The number of rotatable bonds is 9. The van der Waals surface area contributed by atoms with E-state index in [1.165, 1.54) is 24.3 Å². The first-order valence-corrected chi connectivity index (χ1v) is 18.4. The predicted molar refractivity (Wildman–Crippen MR) is 191 cm³/mol. The van der Waals surface area contributed by atoms with E-state index in [2.05, 4.69) is 29.6 Å². The van der Waals surface area contributed by atoms with Gasteiger partial charge in [0.1, 0.15) is 11.2 Å². The van der Waals surface area contributed by atoms with Crippen LogP contribution in [0.1, 0.15) is 92.1 Å². The number of carbonyl (C=O) groups is 3. The Kier molecular flexibility index (Phi) is 10.2. The molecule has 0 aromatic heterocycles. The molecule has 3 amide bonds. The van der Waals surface area contributed by atoms with Gasteiger partial charge in [-0.1, -0.05) is 11.6 Å². The molecule has 3 aromatic carbocycles. The van der Waals surface area contributed by atoms with E-state index < -0.39 is 26.9 Å². The van der Waals surface area contributed by atoms with Crippen molar-refractivity contribution in [1.29, 1.82) is 0 Å². The molecule has 2 N–H and O–H groups in total. The molecule has 1 aliphatic heterocycles. The van der Waals surface area contributed by atoms with E-state index in [-0.39, 0.29) is 39.0 Å². The average Bonchev–Trinajstić information content (AvgIpc) is 3.27. The van der Waals surface area contributed by atoms with Gasteiger partial charge in [-0.2, -0.15) is 0 Å². The van der Waals surface area contributed by atoms with Crippen LogP contribution in [0.4, 0.5) is 5.69 Å². The lowest BCUT2D eigenvalue weighted by atomic mass is 9.76. The summed E-state index contributed by atoms with van der Waals surface area (Å²) in [6.45, 7) is 9.34. The first kappa shape index (κ1) is 36.4. The van der Waals surface area contributed by atoms with Gasteiger partial charge in [0.25, 0.3) is 27.7 Å². The fraction of sp³-hybridized carbons (Fsp3) is 0.432. The fourth-order valence-electron chi connectivity index (χ4n) is 6.63. The highest BCUT2D eigenvalue weighted by molar-refractivity contribution is 7.93. The van der Waals surface area contributed by atoms with Crippen LogP contribution in [0.5, 0.6) is 5.75 Å². The number of carbonyl (C=O) groups excluding carboxylic acids is 3. The number of benzene rings is 3. The molecule has 1 fully saturated rings. The molecule has 1 atom stereocenters. The lowest BCUT2D eigenvalue weighted by Gasteiger charge is -2.33. The first-order valence-electron chi connectivity index (χ1n) is 16.5. The maximum absolute atomic E-state index is 14.6. The Bertz CT molecular complexity index is 1860. The summed E-state index contributed by atoms with van der Waals surface area (Å²) in [7, 11) is -0.336. The number of hydrogen-bond donors (Lipinski definition) is 2. The molecular formula is C37H45ClN4O6S. The van der Waals surface area contributed by atoms with Gasteiger partial charge in [-0.25, -0.2) is 12.7 Å². The summed E-state index contributed by atoms with van der Waals surface area (Å²) in [5.74, 6) is -0.947. The minimum atomic E-state index is -4.47. The first-order chi connectivity index (χ1) is 23.0. The number of amides is 3. The molecule has 1 unspecified atom stereocenters. The Labute approximate surface area is 294 Å². The summed E-state index contributed by atoms with van der Waals surface area (Å²) in [5, 5.41) is 6.20. The molecule has 5 rings (SSSR count). The SMILES string of the molecule is CCOc1ccc2c(c1)C(C)(c1cc(C(=O)NC3CCC(N(C)C)CC3)ccc1Cl)C(=O)N2S(=O)(=O)c1ccc(C(=O)NC(C)(C)C)cc1. The standard InChI is InChI=1S/C37H45ClN4O6S/c1-8-48-27-16-20-32-30(22-27)37(5,29-21-24(11-19-31(29)38)33(43)39-25-12-14-26(15-13-25)41(6)7)35(45)42(32)49(46,47)28-17-9-23(10-18-28)34(44)40-36(2,3)4/h9-11,16-22,25-26H,8,12-15H2,1-7H3,(H,39,43)(H,40,44). The topological polar surface area (TPSA) is 125 Å². The summed E-state index contributed by atoms with van der Waals surface area (Å²) >= 11 is 6.79. The fourth-order valence-corrected chi connectivity index (χ4v) is 8.44. The second kappa shape index (κ2) is 13.8. The number of fused-ring (bicyclic) bond motifs is 1. The van der Waals surface area contributed by atoms with Gasteiger partial charge in [-0.05, 0) is 141 Å². The Morgan fingerprint density at radius 3 is 2.16 bits per heavy atom. The summed E-state index contributed by atoms with van der Waals surface area (Å²) in [6.07, 6.45) is 3.67. The largest absolute Gasteiger partial charge is 0.494 e. The second-order valence-electron chi connectivity index (χ2n) is 14.2. The van der Waals surface area contributed by atoms with E-state index in [1.807, 2.05) is 27.7 Å². The van der Waals surface area contributed by atoms with E-state index in [0.29, 0.717) is 35.1 Å². The lowest BCUT2D eigenvalue weighted by molar-refractivity contribution is -0.120. The van der Waals surface area contributed by atoms with Gasteiger partial charge < -0.3 is 20.3 Å². The smallest absolute Gasteiger partial charge is 0.270 e. The number of sulfonamides is 1. The summed E-state index contributed by atoms with van der Waals surface area (Å²) in [6, 6.07) is 15.5. The quantitative estimate of drug-likeness (QED) is 0.283. The third kappa shape index (κ3) is 7.20. The number of anilines is 1. The molecule has 12 heteroatoms. The Balaban J connectivity index is 1.52. The van der Waals surface area contributed by atoms with Crippen molar-refractivity contribution in [3.63, 3.8) is 0 Å². The van der Waals surface area contributed by atoms with Crippen LogP contribution in [0, 0.1) is 0 Å². The molecule has 262 valence electrons. The van der Waals surface area contributed by atoms with Crippen molar-refractivity contribution in [2.24, 2.45) is 0 Å². The summed E-state index contributed by atoms with van der Waals surface area (Å²) < 4.78 is 35.1. The molecule has 0 saturated heterocycles. The van der Waals surface area contributed by atoms with Crippen molar-refractivity contribution in [1.82, 2.24) is 15.5 Å². The average molecular weight is 709 g/mol. The van der Waals surface area contributed by atoms with Crippen LogP contribution < -0.4 is 19.7 Å². The molecule has 1 saturated carbocycles. The number of nitrogens with one attached hydrogen (secondary N) is 2. The molecule has 49 heavy (non-hydrogen) atoms. The van der Waals surface area contributed by atoms with Gasteiger partial charge in [0.05, 0.1) is 17.2 Å². The zero-order chi connectivity index (χ0) is 35.9. The van der Waals surface area contributed by atoms with Crippen molar-refractivity contribution < 1.29 is 27.5 Å². The van der Waals surface area contributed by atoms with Crippen LogP contribution in [0.2, 0.25) is 5.02 Å². The molecule has 3 aromatic rings. The van der Waals surface area contributed by atoms with Crippen LogP contribution in [0.25, 0.3) is 0 Å². The Hall–Kier alpha value is -3.93. The molecule has 0 bridgehead atoms. The molecule has 1 aliphatic carbocycles. The maximum atomic E-state index is 14.6. The predicted octanol–water partition coefficient (Wildman–Crippen LogP) is 5.91. The second-order valence-corrected chi connectivity index (χ2v) is 16.4. The van der Waals surface area contributed by atoms with Crippen LogP contribution in [-0.4, -0.2) is 69.4 Å². The highest BCUT2D eigenvalue weighted by atomic mass is 35.5. The minimum Gasteiger partial charge on any atom is -0.494 e. The molecule has 2 aliphatic rings. The number of hydrogen-bond acceptors (Lipinski definition) is 7. The van der Waals surface area contributed by atoms with Crippen LogP contribution in [-0.2, 0) is 20.2 Å². The van der Waals surface area contributed by atoms with Crippen molar-refractivity contribution in [3.8, 4) is 5.75 Å². The summed E-state index contributed by atoms with van der Waals surface area (Å²) in [5.41, 5.74) is -0.673. The highest BCUT2D eigenvalue weighted by Gasteiger charge is 2.54. The van der Waals surface area contributed by atoms with E-state index >= 15 is 0 Å². The van der Waals surface area contributed by atoms with E-state index in [0.717, 1.165) is 30.0 Å². The van der Waals surface area contributed by atoms with Crippen molar-refractivity contribution in [3.05, 3.63) is 87.9 Å². The molecular weight excluding hydrogens is 664 g/mol. The van der Waals surface area contributed by atoms with Gasteiger partial charge >= 0.3 is 0 Å². The Morgan fingerprint density at radius 2 is 1.57 bits per heavy atom. The lowest BCUT2D eigenvalue weighted by Crippen LogP contribution is -2.43. The van der Waals surface area contributed by atoms with Crippen molar-refractivity contribution in [2.75, 3.05) is 25.0 Å². The van der Waals surface area contributed by atoms with Crippen LogP contribution in [0.15, 0.2) is 65.6 Å². The number of ether oxygens (including phenoxy) is 1. The zero-order valence-electron chi connectivity index (χ0n) is 29.1. The Morgan fingerprint density at radius 1 is 0.939 bits per heavy atom. The van der Waals surface area contributed by atoms with E-state index in [4.69, 9.17) is 16.3 Å². The zero-order valence-corrected chi connectivity index (χ0v) is 30.7. The van der Waals surface area contributed by atoms with Gasteiger partial charge in [-0.3, -0.25) is 14.4 Å². The van der Waals surface area contributed by atoms with E-state index in [1.54, 1.807) is 43.3 Å². The molecule has 10 nitrogen and oxygen atoms in total. The van der Waals surface area contributed by atoms with Gasteiger partial charge in [0, 0.05) is 39.3 Å². The van der Waals surface area contributed by atoms with Gasteiger partial charge in [-0.15, -0.1) is 0 Å². The van der Waals surface area contributed by atoms with Gasteiger partial charge in [0.15, 0.2) is 0 Å².